The number of nitrogens with zero attached hydrogens (tertiary/aromatic N) is 3. The lowest BCUT2D eigenvalue weighted by Crippen LogP contribution is -2.44. The Morgan fingerprint density at radius 3 is 2.75 bits per heavy atom. The van der Waals surface area contributed by atoms with Gasteiger partial charge >= 0.3 is 0 Å². The van der Waals surface area contributed by atoms with Crippen molar-refractivity contribution in [2.24, 2.45) is 5.92 Å². The minimum atomic E-state index is 0.0709. The number of piperidine rings is 1. The van der Waals surface area contributed by atoms with Crippen LogP contribution in [0.4, 0.5) is 5.82 Å². The van der Waals surface area contributed by atoms with Crippen LogP contribution in [0.15, 0.2) is 54.7 Å². The van der Waals surface area contributed by atoms with Gasteiger partial charge in [0.2, 0.25) is 5.91 Å². The number of hydrogen-bond donors (Lipinski definition) is 0. The highest BCUT2D eigenvalue weighted by molar-refractivity contribution is 5.79. The van der Waals surface area contributed by atoms with Crippen LogP contribution >= 0.6 is 0 Å². The van der Waals surface area contributed by atoms with Crippen LogP contribution in [0.25, 0.3) is 0 Å². The average molecular weight is 323 g/mol. The second-order valence-corrected chi connectivity index (χ2v) is 6.47. The Balaban J connectivity index is 1.55. The standard InChI is InChI=1S/C20H25N3O/c1-22(15-12-17-8-3-2-4-9-17)20(24)18-10-7-14-23(16-18)19-11-5-6-13-21-19/h2-6,8-9,11,13,18H,7,10,12,14-16H2,1H3. The molecular formula is C20H25N3O. The molecule has 2 aromatic rings. The third-order valence-corrected chi connectivity index (χ3v) is 4.70. The molecule has 4 nitrogen and oxygen atoms in total. The van der Waals surface area contributed by atoms with Crippen LogP contribution in [0, 0.1) is 5.92 Å². The second-order valence-electron chi connectivity index (χ2n) is 6.47. The maximum atomic E-state index is 12.8. The summed E-state index contributed by atoms with van der Waals surface area (Å²) in [7, 11) is 1.92. The number of amides is 1. The lowest BCUT2D eigenvalue weighted by Gasteiger charge is -2.34. The monoisotopic (exact) mass is 323 g/mol. The summed E-state index contributed by atoms with van der Waals surface area (Å²) in [6.45, 7) is 2.52. The van der Waals surface area contributed by atoms with Crippen LogP contribution in [0.5, 0.6) is 0 Å². The van der Waals surface area contributed by atoms with Gasteiger partial charge in [-0.1, -0.05) is 36.4 Å². The molecule has 1 saturated heterocycles. The van der Waals surface area contributed by atoms with E-state index in [9.17, 15) is 4.79 Å². The van der Waals surface area contributed by atoms with Crippen molar-refractivity contribution in [1.82, 2.24) is 9.88 Å². The number of carbonyl (C=O) groups is 1. The van der Waals surface area contributed by atoms with E-state index in [2.05, 4.69) is 22.0 Å². The Morgan fingerprint density at radius 1 is 1.21 bits per heavy atom. The quantitative estimate of drug-likeness (QED) is 0.849. The van der Waals surface area contributed by atoms with Gasteiger partial charge in [0.15, 0.2) is 0 Å². The Morgan fingerprint density at radius 2 is 2.00 bits per heavy atom. The predicted molar refractivity (Wildman–Crippen MR) is 97.0 cm³/mol. The average Bonchev–Trinajstić information content (AvgIpc) is 2.67. The Bertz CT molecular complexity index is 644. The van der Waals surface area contributed by atoms with Crippen molar-refractivity contribution in [2.45, 2.75) is 19.3 Å². The van der Waals surface area contributed by atoms with Gasteiger partial charge in [0, 0.05) is 32.9 Å². The lowest BCUT2D eigenvalue weighted by atomic mass is 9.96. The molecule has 0 bridgehead atoms. The van der Waals surface area contributed by atoms with Crippen molar-refractivity contribution in [3.05, 3.63) is 60.3 Å². The van der Waals surface area contributed by atoms with Crippen LogP contribution in [-0.2, 0) is 11.2 Å². The first-order chi connectivity index (χ1) is 11.7. The number of hydrogen-bond acceptors (Lipinski definition) is 3. The molecule has 1 atom stereocenters. The summed E-state index contributed by atoms with van der Waals surface area (Å²) in [6.07, 6.45) is 4.73. The molecule has 0 radical (unpaired) electrons. The first-order valence-corrected chi connectivity index (χ1v) is 8.69. The van der Waals surface area contributed by atoms with E-state index in [0.717, 1.165) is 44.7 Å². The molecule has 0 aliphatic carbocycles. The molecule has 1 aliphatic heterocycles. The van der Waals surface area contributed by atoms with Gasteiger partial charge in [0.1, 0.15) is 5.82 Å². The van der Waals surface area contributed by atoms with Crippen molar-refractivity contribution in [3.8, 4) is 0 Å². The number of anilines is 1. The number of pyridine rings is 1. The third kappa shape index (κ3) is 4.13. The molecule has 0 spiro atoms. The first-order valence-electron chi connectivity index (χ1n) is 8.69. The summed E-state index contributed by atoms with van der Waals surface area (Å²) in [4.78, 5) is 21.3. The van der Waals surface area contributed by atoms with Gasteiger partial charge < -0.3 is 9.80 Å². The van der Waals surface area contributed by atoms with E-state index in [1.807, 2.05) is 54.5 Å². The zero-order valence-electron chi connectivity index (χ0n) is 14.3. The van der Waals surface area contributed by atoms with Crippen LogP contribution in [0.3, 0.4) is 0 Å². The summed E-state index contributed by atoms with van der Waals surface area (Å²) in [5, 5.41) is 0. The van der Waals surface area contributed by atoms with Gasteiger partial charge in [-0.2, -0.15) is 0 Å². The van der Waals surface area contributed by atoms with E-state index in [4.69, 9.17) is 0 Å². The highest BCUT2D eigenvalue weighted by Gasteiger charge is 2.28. The smallest absolute Gasteiger partial charge is 0.227 e. The summed E-state index contributed by atoms with van der Waals surface area (Å²) in [5.41, 5.74) is 1.27. The number of carbonyl (C=O) groups excluding carboxylic acids is 1. The summed E-state index contributed by atoms with van der Waals surface area (Å²) in [6, 6.07) is 16.3. The summed E-state index contributed by atoms with van der Waals surface area (Å²) in [5.74, 6) is 1.30. The molecular weight excluding hydrogens is 298 g/mol. The molecule has 1 aliphatic rings. The minimum absolute atomic E-state index is 0.0709. The molecule has 126 valence electrons. The highest BCUT2D eigenvalue weighted by atomic mass is 16.2. The molecule has 1 aromatic heterocycles. The summed E-state index contributed by atoms with van der Waals surface area (Å²) >= 11 is 0. The lowest BCUT2D eigenvalue weighted by molar-refractivity contribution is -0.134. The van der Waals surface area contributed by atoms with E-state index in [1.54, 1.807) is 0 Å². The molecule has 4 heteroatoms. The molecule has 0 saturated carbocycles. The van der Waals surface area contributed by atoms with Gasteiger partial charge in [-0.25, -0.2) is 4.98 Å². The molecule has 1 unspecified atom stereocenters. The third-order valence-electron chi connectivity index (χ3n) is 4.70. The van der Waals surface area contributed by atoms with Crippen molar-refractivity contribution >= 4 is 11.7 Å². The minimum Gasteiger partial charge on any atom is -0.356 e. The van der Waals surface area contributed by atoms with Crippen molar-refractivity contribution in [1.29, 1.82) is 0 Å². The molecule has 1 fully saturated rings. The van der Waals surface area contributed by atoms with E-state index >= 15 is 0 Å². The number of rotatable bonds is 5. The molecule has 24 heavy (non-hydrogen) atoms. The molecule has 1 aromatic carbocycles. The highest BCUT2D eigenvalue weighted by Crippen LogP contribution is 2.22. The maximum absolute atomic E-state index is 12.8. The van der Waals surface area contributed by atoms with E-state index in [0.29, 0.717) is 0 Å². The van der Waals surface area contributed by atoms with E-state index in [1.165, 1.54) is 5.56 Å². The van der Waals surface area contributed by atoms with Gasteiger partial charge in [0.25, 0.3) is 0 Å². The first kappa shape index (κ1) is 16.5. The van der Waals surface area contributed by atoms with Crippen LogP contribution in [0.1, 0.15) is 18.4 Å². The van der Waals surface area contributed by atoms with Crippen molar-refractivity contribution in [3.63, 3.8) is 0 Å². The number of benzene rings is 1. The largest absolute Gasteiger partial charge is 0.356 e. The van der Waals surface area contributed by atoms with Crippen molar-refractivity contribution < 1.29 is 4.79 Å². The fourth-order valence-corrected chi connectivity index (χ4v) is 3.29. The van der Waals surface area contributed by atoms with Gasteiger partial charge in [-0.3, -0.25) is 4.79 Å². The zero-order chi connectivity index (χ0) is 16.8. The Kier molecular flexibility index (Phi) is 5.47. The topological polar surface area (TPSA) is 36.4 Å². The van der Waals surface area contributed by atoms with E-state index < -0.39 is 0 Å². The SMILES string of the molecule is CN(CCc1ccccc1)C(=O)C1CCCN(c2ccccn2)C1. The molecule has 1 amide bonds. The normalized spacial score (nSPS) is 17.5. The fraction of sp³-hybridized carbons (Fsp3) is 0.400. The number of aromatic nitrogens is 1. The second kappa shape index (κ2) is 7.95. The Hall–Kier alpha value is -2.36. The molecule has 2 heterocycles. The Labute approximate surface area is 144 Å². The maximum Gasteiger partial charge on any atom is 0.227 e. The van der Waals surface area contributed by atoms with E-state index in [-0.39, 0.29) is 11.8 Å². The molecule has 3 rings (SSSR count). The number of likely N-dealkylation sites (N-methyl/N-ethyl adjacent to an activating group) is 1. The molecule has 0 N–H and O–H groups in total. The van der Waals surface area contributed by atoms with Crippen molar-refractivity contribution in [2.75, 3.05) is 31.6 Å². The fourth-order valence-electron chi connectivity index (χ4n) is 3.29. The predicted octanol–water partition coefficient (Wildman–Crippen LogP) is 3.00. The van der Waals surface area contributed by atoms with Gasteiger partial charge in [-0.15, -0.1) is 0 Å². The van der Waals surface area contributed by atoms with Crippen LogP contribution < -0.4 is 4.90 Å². The zero-order valence-corrected chi connectivity index (χ0v) is 14.3. The van der Waals surface area contributed by atoms with Crippen LogP contribution in [0.2, 0.25) is 0 Å². The van der Waals surface area contributed by atoms with Gasteiger partial charge in [0.05, 0.1) is 5.92 Å². The van der Waals surface area contributed by atoms with Crippen LogP contribution in [-0.4, -0.2) is 42.5 Å². The summed E-state index contributed by atoms with van der Waals surface area (Å²) < 4.78 is 0. The van der Waals surface area contributed by atoms with Gasteiger partial charge in [-0.05, 0) is 37.0 Å².